The maximum Gasteiger partial charge on any atom is 0.353 e. The lowest BCUT2D eigenvalue weighted by Gasteiger charge is -2.34. The lowest BCUT2D eigenvalue weighted by molar-refractivity contribution is -0.383. The molecule has 26 heavy (non-hydrogen) atoms. The van der Waals surface area contributed by atoms with E-state index in [1.54, 1.807) is 0 Å². The van der Waals surface area contributed by atoms with Crippen LogP contribution in [0, 0.1) is 24.0 Å². The Balaban J connectivity index is 1.91. The maximum absolute atomic E-state index is 11.8. The first-order valence-corrected chi connectivity index (χ1v) is 8.80. The standard InChI is InChI=1S/C18H24N6O2/c1-4-22-7-9-23(10-8-22)18-16(24(25)26)17(19-12-20-18)21-15-6-5-13(2)14(3)11-15/h5-6,11-12H,4,7-10H2,1-3H3,(H,19,20,21). The van der Waals surface area contributed by atoms with Crippen molar-refractivity contribution in [3.05, 3.63) is 45.8 Å². The van der Waals surface area contributed by atoms with Gasteiger partial charge >= 0.3 is 5.69 Å². The van der Waals surface area contributed by atoms with Gasteiger partial charge in [-0.3, -0.25) is 10.1 Å². The summed E-state index contributed by atoms with van der Waals surface area (Å²) in [5.41, 5.74) is 2.98. The van der Waals surface area contributed by atoms with Crippen LogP contribution >= 0.6 is 0 Å². The van der Waals surface area contributed by atoms with Crippen LogP contribution in [0.15, 0.2) is 24.5 Å². The van der Waals surface area contributed by atoms with Crippen LogP contribution < -0.4 is 10.2 Å². The molecule has 138 valence electrons. The van der Waals surface area contributed by atoms with Gasteiger partial charge in [0.15, 0.2) is 0 Å². The fourth-order valence-electron chi connectivity index (χ4n) is 3.09. The van der Waals surface area contributed by atoms with Gasteiger partial charge in [-0.25, -0.2) is 9.97 Å². The molecule has 1 N–H and O–H groups in total. The zero-order valence-electron chi connectivity index (χ0n) is 15.4. The summed E-state index contributed by atoms with van der Waals surface area (Å²) in [5, 5.41) is 14.9. The van der Waals surface area contributed by atoms with E-state index in [1.165, 1.54) is 11.9 Å². The van der Waals surface area contributed by atoms with Crippen LogP contribution in [0.1, 0.15) is 18.1 Å². The molecule has 3 rings (SSSR count). The first-order chi connectivity index (χ1) is 12.5. The number of likely N-dealkylation sites (N-methyl/N-ethyl adjacent to an activating group) is 1. The number of nitro groups is 1. The molecule has 0 spiro atoms. The fourth-order valence-corrected chi connectivity index (χ4v) is 3.09. The van der Waals surface area contributed by atoms with Crippen LogP contribution in [-0.4, -0.2) is 52.5 Å². The molecule has 1 saturated heterocycles. The third-order valence-electron chi connectivity index (χ3n) is 4.87. The van der Waals surface area contributed by atoms with Crippen LogP contribution in [0.2, 0.25) is 0 Å². The molecular formula is C18H24N6O2. The molecule has 8 heteroatoms. The topological polar surface area (TPSA) is 87.4 Å². The predicted molar refractivity (Wildman–Crippen MR) is 102 cm³/mol. The minimum absolute atomic E-state index is 0.0734. The molecule has 8 nitrogen and oxygen atoms in total. The maximum atomic E-state index is 11.8. The van der Waals surface area contributed by atoms with Gasteiger partial charge in [-0.15, -0.1) is 0 Å². The quantitative estimate of drug-likeness (QED) is 0.651. The Morgan fingerprint density at radius 2 is 1.88 bits per heavy atom. The molecule has 0 aliphatic carbocycles. The van der Waals surface area contributed by atoms with Crippen molar-refractivity contribution in [3.63, 3.8) is 0 Å². The van der Waals surface area contributed by atoms with E-state index in [-0.39, 0.29) is 11.5 Å². The van der Waals surface area contributed by atoms with E-state index in [4.69, 9.17) is 0 Å². The van der Waals surface area contributed by atoms with Crippen molar-refractivity contribution < 1.29 is 4.92 Å². The molecule has 1 aliphatic rings. The van der Waals surface area contributed by atoms with E-state index in [2.05, 4.69) is 27.1 Å². The molecular weight excluding hydrogens is 332 g/mol. The summed E-state index contributed by atoms with van der Waals surface area (Å²) in [6.07, 6.45) is 1.39. The van der Waals surface area contributed by atoms with Gasteiger partial charge in [0.1, 0.15) is 6.33 Å². The van der Waals surface area contributed by atoms with Gasteiger partial charge in [-0.1, -0.05) is 13.0 Å². The van der Waals surface area contributed by atoms with Crippen molar-refractivity contribution >= 4 is 23.0 Å². The van der Waals surface area contributed by atoms with Crippen molar-refractivity contribution in [3.8, 4) is 0 Å². The summed E-state index contributed by atoms with van der Waals surface area (Å²) in [4.78, 5) is 24.0. The van der Waals surface area contributed by atoms with Gasteiger partial charge in [0.2, 0.25) is 11.6 Å². The molecule has 1 aromatic carbocycles. The Hall–Kier alpha value is -2.74. The highest BCUT2D eigenvalue weighted by Crippen LogP contribution is 2.34. The van der Waals surface area contributed by atoms with Gasteiger partial charge in [-0.2, -0.15) is 0 Å². The molecule has 0 radical (unpaired) electrons. The second-order valence-electron chi connectivity index (χ2n) is 6.50. The van der Waals surface area contributed by atoms with Crippen molar-refractivity contribution in [1.82, 2.24) is 14.9 Å². The average Bonchev–Trinajstić information content (AvgIpc) is 2.64. The Kier molecular flexibility index (Phi) is 5.32. The lowest BCUT2D eigenvalue weighted by atomic mass is 10.1. The van der Waals surface area contributed by atoms with E-state index in [9.17, 15) is 10.1 Å². The molecule has 0 bridgehead atoms. The molecule has 2 heterocycles. The van der Waals surface area contributed by atoms with Crippen molar-refractivity contribution in [1.29, 1.82) is 0 Å². The van der Waals surface area contributed by atoms with E-state index in [1.807, 2.05) is 36.9 Å². The summed E-state index contributed by atoms with van der Waals surface area (Å²) in [6, 6.07) is 5.84. The van der Waals surface area contributed by atoms with E-state index < -0.39 is 4.92 Å². The number of nitrogens with one attached hydrogen (secondary N) is 1. The molecule has 0 atom stereocenters. The van der Waals surface area contributed by atoms with Gasteiger partial charge in [0.05, 0.1) is 4.92 Å². The summed E-state index contributed by atoms with van der Waals surface area (Å²) < 4.78 is 0. The Labute approximate surface area is 153 Å². The monoisotopic (exact) mass is 356 g/mol. The number of nitrogens with zero attached hydrogens (tertiary/aromatic N) is 5. The van der Waals surface area contributed by atoms with E-state index in [0.717, 1.165) is 44.0 Å². The lowest BCUT2D eigenvalue weighted by Crippen LogP contribution is -2.46. The minimum atomic E-state index is -0.398. The van der Waals surface area contributed by atoms with Gasteiger partial charge in [0.25, 0.3) is 0 Å². The number of hydrogen-bond acceptors (Lipinski definition) is 7. The van der Waals surface area contributed by atoms with Crippen molar-refractivity contribution in [2.24, 2.45) is 0 Å². The zero-order chi connectivity index (χ0) is 18.7. The number of rotatable bonds is 5. The molecule has 1 aromatic heterocycles. The summed E-state index contributed by atoms with van der Waals surface area (Å²) in [5.74, 6) is 0.605. The molecule has 0 saturated carbocycles. The normalized spacial score (nSPS) is 15.1. The number of aryl methyl sites for hydroxylation is 2. The largest absolute Gasteiger partial charge is 0.353 e. The highest BCUT2D eigenvalue weighted by Gasteiger charge is 2.29. The molecule has 0 amide bonds. The van der Waals surface area contributed by atoms with Gasteiger partial charge in [-0.05, 0) is 43.7 Å². The molecule has 2 aromatic rings. The Morgan fingerprint density at radius 1 is 1.15 bits per heavy atom. The minimum Gasteiger partial charge on any atom is -0.348 e. The third-order valence-corrected chi connectivity index (χ3v) is 4.87. The first-order valence-electron chi connectivity index (χ1n) is 8.80. The second kappa shape index (κ2) is 7.65. The number of piperazine rings is 1. The highest BCUT2D eigenvalue weighted by molar-refractivity contribution is 5.74. The highest BCUT2D eigenvalue weighted by atomic mass is 16.6. The number of aromatic nitrogens is 2. The van der Waals surface area contributed by atoms with E-state index in [0.29, 0.717) is 5.82 Å². The van der Waals surface area contributed by atoms with Gasteiger partial charge < -0.3 is 15.1 Å². The van der Waals surface area contributed by atoms with Crippen molar-refractivity contribution in [2.75, 3.05) is 42.9 Å². The summed E-state index contributed by atoms with van der Waals surface area (Å²) in [6.45, 7) is 10.3. The first kappa shape index (κ1) is 18.1. The Morgan fingerprint density at radius 3 is 2.50 bits per heavy atom. The predicted octanol–water partition coefficient (Wildman–Crippen LogP) is 2.89. The van der Waals surface area contributed by atoms with Crippen LogP contribution in [0.3, 0.4) is 0 Å². The fraction of sp³-hybridized carbons (Fsp3) is 0.444. The SMILES string of the molecule is CCN1CCN(c2ncnc(Nc3ccc(C)c(C)c3)c2[N+](=O)[O-])CC1. The van der Waals surface area contributed by atoms with E-state index >= 15 is 0 Å². The van der Waals surface area contributed by atoms with Gasteiger partial charge in [0, 0.05) is 31.9 Å². The van der Waals surface area contributed by atoms with Crippen LogP contribution in [0.5, 0.6) is 0 Å². The molecule has 1 fully saturated rings. The zero-order valence-corrected chi connectivity index (χ0v) is 15.4. The average molecular weight is 356 g/mol. The summed E-state index contributed by atoms with van der Waals surface area (Å²) in [7, 11) is 0. The van der Waals surface area contributed by atoms with Crippen molar-refractivity contribution in [2.45, 2.75) is 20.8 Å². The second-order valence-corrected chi connectivity index (χ2v) is 6.50. The number of benzene rings is 1. The number of hydrogen-bond donors (Lipinski definition) is 1. The third kappa shape index (κ3) is 3.75. The smallest absolute Gasteiger partial charge is 0.348 e. The number of anilines is 3. The Bertz CT molecular complexity index is 802. The van der Waals surface area contributed by atoms with Crippen LogP contribution in [0.25, 0.3) is 0 Å². The molecule has 0 unspecified atom stereocenters. The van der Waals surface area contributed by atoms with Crippen LogP contribution in [0.4, 0.5) is 23.0 Å². The summed E-state index contributed by atoms with van der Waals surface area (Å²) >= 11 is 0. The molecule has 1 aliphatic heterocycles. The van der Waals surface area contributed by atoms with Crippen LogP contribution in [-0.2, 0) is 0 Å².